The van der Waals surface area contributed by atoms with Crippen molar-refractivity contribution >= 4 is 10.0 Å². The van der Waals surface area contributed by atoms with E-state index in [0.29, 0.717) is 12.2 Å². The SMILES string of the molecule is CCc1nnc(S(N)(=O)=O)n1C1CC1. The van der Waals surface area contributed by atoms with Crippen molar-refractivity contribution in [2.45, 2.75) is 37.4 Å². The number of primary sulfonamides is 1. The molecule has 0 saturated heterocycles. The van der Waals surface area contributed by atoms with Gasteiger partial charge in [-0.1, -0.05) is 6.92 Å². The number of hydrogen-bond acceptors (Lipinski definition) is 4. The van der Waals surface area contributed by atoms with Crippen LogP contribution in [0.4, 0.5) is 0 Å². The summed E-state index contributed by atoms with van der Waals surface area (Å²) in [5.74, 6) is 0.691. The highest BCUT2D eigenvalue weighted by Crippen LogP contribution is 2.37. The van der Waals surface area contributed by atoms with Gasteiger partial charge < -0.3 is 0 Å². The Kier molecular flexibility index (Phi) is 2.07. The second kappa shape index (κ2) is 3.03. The zero-order chi connectivity index (χ0) is 10.3. The van der Waals surface area contributed by atoms with Crippen LogP contribution in [0.15, 0.2) is 5.16 Å². The third-order valence-corrected chi connectivity index (χ3v) is 3.01. The van der Waals surface area contributed by atoms with Crippen molar-refractivity contribution in [1.29, 1.82) is 0 Å². The van der Waals surface area contributed by atoms with Crippen LogP contribution in [-0.2, 0) is 16.4 Å². The second-order valence-corrected chi connectivity index (χ2v) is 4.85. The molecule has 2 N–H and O–H groups in total. The van der Waals surface area contributed by atoms with Crippen molar-refractivity contribution < 1.29 is 8.42 Å². The molecule has 1 fully saturated rings. The van der Waals surface area contributed by atoms with Gasteiger partial charge in [0.05, 0.1) is 0 Å². The van der Waals surface area contributed by atoms with E-state index in [1.807, 2.05) is 6.92 Å². The van der Waals surface area contributed by atoms with Crippen LogP contribution in [0.2, 0.25) is 0 Å². The first-order valence-corrected chi connectivity index (χ1v) is 6.05. The van der Waals surface area contributed by atoms with Gasteiger partial charge in [0.15, 0.2) is 0 Å². The van der Waals surface area contributed by atoms with Crippen LogP contribution >= 0.6 is 0 Å². The Morgan fingerprint density at radius 3 is 2.57 bits per heavy atom. The minimum atomic E-state index is -3.74. The number of nitrogens with two attached hydrogens (primary N) is 1. The van der Waals surface area contributed by atoms with E-state index in [1.54, 1.807) is 4.57 Å². The fourth-order valence-electron chi connectivity index (χ4n) is 1.44. The van der Waals surface area contributed by atoms with E-state index < -0.39 is 10.0 Å². The maximum Gasteiger partial charge on any atom is 0.273 e. The molecule has 1 heterocycles. The summed E-state index contributed by atoms with van der Waals surface area (Å²) in [7, 11) is -3.74. The molecule has 0 amide bonds. The predicted molar refractivity (Wildman–Crippen MR) is 49.0 cm³/mol. The average molecular weight is 216 g/mol. The van der Waals surface area contributed by atoms with E-state index in [0.717, 1.165) is 12.8 Å². The van der Waals surface area contributed by atoms with Gasteiger partial charge in [0.25, 0.3) is 15.2 Å². The number of nitrogens with zero attached hydrogens (tertiary/aromatic N) is 3. The molecule has 1 saturated carbocycles. The predicted octanol–water partition coefficient (Wildman–Crippen LogP) is -0.177. The number of hydrogen-bond donors (Lipinski definition) is 1. The smallest absolute Gasteiger partial charge is 0.273 e. The van der Waals surface area contributed by atoms with Gasteiger partial charge in [-0.05, 0) is 12.8 Å². The van der Waals surface area contributed by atoms with Crippen LogP contribution in [-0.4, -0.2) is 23.2 Å². The molecule has 0 spiro atoms. The molecule has 0 atom stereocenters. The molecule has 6 nitrogen and oxygen atoms in total. The first-order valence-electron chi connectivity index (χ1n) is 4.50. The lowest BCUT2D eigenvalue weighted by atomic mass is 10.4. The monoisotopic (exact) mass is 216 g/mol. The van der Waals surface area contributed by atoms with Gasteiger partial charge >= 0.3 is 0 Å². The molecule has 1 aromatic heterocycles. The van der Waals surface area contributed by atoms with Crippen molar-refractivity contribution in [1.82, 2.24) is 14.8 Å². The Balaban J connectivity index is 2.55. The Bertz CT molecular complexity index is 446. The molecular weight excluding hydrogens is 204 g/mol. The molecule has 7 heteroatoms. The highest BCUT2D eigenvalue weighted by atomic mass is 32.2. The van der Waals surface area contributed by atoms with Crippen LogP contribution in [0, 0.1) is 0 Å². The molecule has 0 bridgehead atoms. The molecular formula is C7H12N4O2S. The zero-order valence-corrected chi connectivity index (χ0v) is 8.66. The minimum absolute atomic E-state index is 0.100. The summed E-state index contributed by atoms with van der Waals surface area (Å²) < 4.78 is 24.0. The van der Waals surface area contributed by atoms with Crippen molar-refractivity contribution in [3.05, 3.63) is 5.82 Å². The third kappa shape index (κ3) is 1.53. The second-order valence-electron chi connectivity index (χ2n) is 3.40. The Morgan fingerprint density at radius 1 is 1.50 bits per heavy atom. The summed E-state index contributed by atoms with van der Waals surface area (Å²) in [6, 6.07) is 0.230. The van der Waals surface area contributed by atoms with E-state index in [9.17, 15) is 8.42 Å². The molecule has 0 radical (unpaired) electrons. The molecule has 2 rings (SSSR count). The number of sulfonamides is 1. The van der Waals surface area contributed by atoms with Crippen LogP contribution in [0.1, 0.15) is 31.6 Å². The Hall–Kier alpha value is -0.950. The van der Waals surface area contributed by atoms with Crippen molar-refractivity contribution in [2.75, 3.05) is 0 Å². The summed E-state index contributed by atoms with van der Waals surface area (Å²) in [5.41, 5.74) is 0. The topological polar surface area (TPSA) is 90.9 Å². The van der Waals surface area contributed by atoms with Crippen LogP contribution < -0.4 is 5.14 Å². The van der Waals surface area contributed by atoms with Crippen molar-refractivity contribution in [3.8, 4) is 0 Å². The largest absolute Gasteiger partial charge is 0.298 e. The van der Waals surface area contributed by atoms with Crippen molar-refractivity contribution in [3.63, 3.8) is 0 Å². The third-order valence-electron chi connectivity index (χ3n) is 2.22. The van der Waals surface area contributed by atoms with Gasteiger partial charge in [-0.15, -0.1) is 10.2 Å². The molecule has 1 aliphatic carbocycles. The molecule has 78 valence electrons. The summed E-state index contributed by atoms with van der Waals surface area (Å²) >= 11 is 0. The summed E-state index contributed by atoms with van der Waals surface area (Å²) in [5, 5.41) is 12.4. The quantitative estimate of drug-likeness (QED) is 0.759. The summed E-state index contributed by atoms with van der Waals surface area (Å²) in [4.78, 5) is 0. The fourth-order valence-corrected chi connectivity index (χ4v) is 2.13. The van der Waals surface area contributed by atoms with E-state index in [4.69, 9.17) is 5.14 Å². The average Bonchev–Trinajstić information content (AvgIpc) is 2.82. The van der Waals surface area contributed by atoms with E-state index >= 15 is 0 Å². The van der Waals surface area contributed by atoms with Gasteiger partial charge in [-0.2, -0.15) is 0 Å². The Morgan fingerprint density at radius 2 is 2.14 bits per heavy atom. The highest BCUT2D eigenvalue weighted by Gasteiger charge is 2.32. The number of aryl methyl sites for hydroxylation is 1. The lowest BCUT2D eigenvalue weighted by Gasteiger charge is -2.05. The number of rotatable bonds is 3. The summed E-state index contributed by atoms with van der Waals surface area (Å²) in [6.07, 6.45) is 2.63. The first kappa shape index (κ1) is 9.60. The summed E-state index contributed by atoms with van der Waals surface area (Å²) in [6.45, 7) is 1.91. The lowest BCUT2D eigenvalue weighted by Crippen LogP contribution is -2.18. The van der Waals surface area contributed by atoms with Crippen LogP contribution in [0.25, 0.3) is 0 Å². The normalized spacial score (nSPS) is 17.3. The molecule has 0 aromatic carbocycles. The zero-order valence-electron chi connectivity index (χ0n) is 7.84. The maximum atomic E-state index is 11.2. The van der Waals surface area contributed by atoms with Crippen LogP contribution in [0.3, 0.4) is 0 Å². The standard InChI is InChI=1S/C7H12N4O2S/c1-2-6-9-10-7(14(8,12)13)11(6)5-3-4-5/h5H,2-4H2,1H3,(H2,8,12,13). The molecule has 1 aliphatic rings. The molecule has 1 aromatic rings. The molecule has 0 aliphatic heterocycles. The fraction of sp³-hybridized carbons (Fsp3) is 0.714. The first-order chi connectivity index (χ1) is 6.54. The molecule has 14 heavy (non-hydrogen) atoms. The van der Waals surface area contributed by atoms with Gasteiger partial charge in [-0.25, -0.2) is 13.6 Å². The maximum absolute atomic E-state index is 11.2. The molecule has 0 unspecified atom stereocenters. The Labute approximate surface area is 82.2 Å². The van der Waals surface area contributed by atoms with Gasteiger partial charge in [-0.3, -0.25) is 4.57 Å². The minimum Gasteiger partial charge on any atom is -0.298 e. The number of aromatic nitrogens is 3. The lowest BCUT2D eigenvalue weighted by molar-refractivity contribution is 0.559. The van der Waals surface area contributed by atoms with Gasteiger partial charge in [0.1, 0.15) is 5.82 Å². The highest BCUT2D eigenvalue weighted by molar-refractivity contribution is 7.89. The van der Waals surface area contributed by atoms with Crippen molar-refractivity contribution in [2.24, 2.45) is 5.14 Å². The van der Waals surface area contributed by atoms with E-state index in [-0.39, 0.29) is 11.2 Å². The van der Waals surface area contributed by atoms with E-state index in [1.165, 1.54) is 0 Å². The van der Waals surface area contributed by atoms with Gasteiger partial charge in [0, 0.05) is 12.5 Å². The van der Waals surface area contributed by atoms with E-state index in [2.05, 4.69) is 10.2 Å². The van der Waals surface area contributed by atoms with Gasteiger partial charge in [0.2, 0.25) is 0 Å². The van der Waals surface area contributed by atoms with Crippen LogP contribution in [0.5, 0.6) is 0 Å².